The van der Waals surface area contributed by atoms with Gasteiger partial charge in [0.2, 0.25) is 5.75 Å². The van der Waals surface area contributed by atoms with Crippen LogP contribution in [0.5, 0.6) is 17.2 Å². The molecule has 0 fully saturated rings. The highest BCUT2D eigenvalue weighted by atomic mass is 16.5. The summed E-state index contributed by atoms with van der Waals surface area (Å²) >= 11 is 0. The van der Waals surface area contributed by atoms with E-state index in [4.69, 9.17) is 18.6 Å². The van der Waals surface area contributed by atoms with Gasteiger partial charge >= 0.3 is 5.63 Å². The quantitative estimate of drug-likeness (QED) is 0.137. The van der Waals surface area contributed by atoms with Crippen LogP contribution in [0.1, 0.15) is 91.9 Å². The first kappa shape index (κ1) is 26.8. The lowest BCUT2D eigenvalue weighted by atomic mass is 10.1. The zero-order chi connectivity index (χ0) is 23.9. The third-order valence-corrected chi connectivity index (χ3v) is 5.35. The number of hydrogen-bond acceptors (Lipinski definition) is 5. The second-order valence-corrected chi connectivity index (χ2v) is 8.69. The Morgan fingerprint density at radius 3 is 2.30 bits per heavy atom. The summed E-state index contributed by atoms with van der Waals surface area (Å²) in [6, 6.07) is 5.62. The molecule has 2 rings (SSSR count). The SMILES string of the molecule is CC/C=C/CCOc1c(OC(C)C)c(=O)oc2c(OCCCCCCCCCC)cccc12. The molecule has 33 heavy (non-hydrogen) atoms. The maximum Gasteiger partial charge on any atom is 0.383 e. The van der Waals surface area contributed by atoms with Gasteiger partial charge in [-0.3, -0.25) is 0 Å². The topological polar surface area (TPSA) is 57.9 Å². The summed E-state index contributed by atoms with van der Waals surface area (Å²) in [4.78, 5) is 12.8. The lowest BCUT2D eigenvalue weighted by molar-refractivity contribution is 0.212. The van der Waals surface area contributed by atoms with E-state index in [1.54, 1.807) is 0 Å². The second-order valence-electron chi connectivity index (χ2n) is 8.69. The van der Waals surface area contributed by atoms with Crippen LogP contribution in [-0.4, -0.2) is 19.3 Å². The van der Waals surface area contributed by atoms with Crippen molar-refractivity contribution in [2.24, 2.45) is 0 Å². The van der Waals surface area contributed by atoms with Gasteiger partial charge in [0.05, 0.1) is 24.7 Å². The van der Waals surface area contributed by atoms with Gasteiger partial charge in [0, 0.05) is 0 Å². The Kier molecular flexibility index (Phi) is 12.5. The van der Waals surface area contributed by atoms with Gasteiger partial charge in [-0.25, -0.2) is 4.79 Å². The number of allylic oxidation sites excluding steroid dienone is 1. The fourth-order valence-electron chi connectivity index (χ4n) is 3.68. The Morgan fingerprint density at radius 1 is 0.879 bits per heavy atom. The van der Waals surface area contributed by atoms with Gasteiger partial charge in [-0.1, -0.05) is 77.0 Å². The normalized spacial score (nSPS) is 11.5. The maximum atomic E-state index is 12.8. The zero-order valence-electron chi connectivity index (χ0n) is 21.0. The minimum absolute atomic E-state index is 0.122. The second kappa shape index (κ2) is 15.4. The predicted molar refractivity (Wildman–Crippen MR) is 136 cm³/mol. The van der Waals surface area contributed by atoms with Crippen molar-refractivity contribution in [2.75, 3.05) is 13.2 Å². The number of unbranched alkanes of at least 4 members (excludes halogenated alkanes) is 7. The van der Waals surface area contributed by atoms with E-state index in [0.717, 1.165) is 25.7 Å². The molecule has 0 N–H and O–H groups in total. The molecule has 0 aliphatic rings. The Bertz CT molecular complexity index is 897. The zero-order valence-corrected chi connectivity index (χ0v) is 21.0. The highest BCUT2D eigenvalue weighted by Crippen LogP contribution is 2.37. The number of para-hydroxylation sites is 1. The molecular formula is C28H42O5. The minimum atomic E-state index is -0.543. The summed E-state index contributed by atoms with van der Waals surface area (Å²) in [7, 11) is 0. The van der Waals surface area contributed by atoms with Gasteiger partial charge in [0.15, 0.2) is 17.1 Å². The van der Waals surface area contributed by atoms with Crippen LogP contribution in [0, 0.1) is 0 Å². The largest absolute Gasteiger partial charge is 0.490 e. The Hall–Kier alpha value is -2.43. The third kappa shape index (κ3) is 9.15. The molecule has 5 heteroatoms. The molecule has 184 valence electrons. The first-order valence-electron chi connectivity index (χ1n) is 12.8. The molecular weight excluding hydrogens is 416 g/mol. The highest BCUT2D eigenvalue weighted by molar-refractivity contribution is 5.89. The Labute approximate surface area is 199 Å². The average molecular weight is 459 g/mol. The fraction of sp³-hybridized carbons (Fsp3) is 0.607. The summed E-state index contributed by atoms with van der Waals surface area (Å²) in [5.74, 6) is 1.12. The summed E-state index contributed by atoms with van der Waals surface area (Å²) in [5.41, 5.74) is -0.129. The predicted octanol–water partition coefficient (Wildman–Crippen LogP) is 7.83. The molecule has 0 bridgehead atoms. The van der Waals surface area contributed by atoms with Crippen LogP contribution >= 0.6 is 0 Å². The monoisotopic (exact) mass is 458 g/mol. The van der Waals surface area contributed by atoms with Crippen LogP contribution < -0.4 is 19.8 Å². The van der Waals surface area contributed by atoms with Gasteiger partial charge in [-0.05, 0) is 45.2 Å². The van der Waals surface area contributed by atoms with Crippen LogP contribution in [0.2, 0.25) is 0 Å². The van der Waals surface area contributed by atoms with Crippen LogP contribution in [-0.2, 0) is 0 Å². The molecule has 0 spiro atoms. The van der Waals surface area contributed by atoms with Crippen LogP contribution in [0.4, 0.5) is 0 Å². The van der Waals surface area contributed by atoms with Crippen molar-refractivity contribution in [2.45, 2.75) is 98.0 Å². The van der Waals surface area contributed by atoms with Crippen molar-refractivity contribution in [3.8, 4) is 17.2 Å². The molecule has 0 saturated carbocycles. The number of ether oxygens (including phenoxy) is 3. The van der Waals surface area contributed by atoms with E-state index in [-0.39, 0.29) is 11.9 Å². The average Bonchev–Trinajstić information content (AvgIpc) is 2.79. The lowest BCUT2D eigenvalue weighted by Gasteiger charge is -2.16. The van der Waals surface area contributed by atoms with Gasteiger partial charge < -0.3 is 18.6 Å². The molecule has 0 saturated heterocycles. The summed E-state index contributed by atoms with van der Waals surface area (Å²) in [5, 5.41) is 0.693. The van der Waals surface area contributed by atoms with Crippen molar-refractivity contribution >= 4 is 11.0 Å². The highest BCUT2D eigenvalue weighted by Gasteiger charge is 2.21. The van der Waals surface area contributed by atoms with E-state index in [9.17, 15) is 4.79 Å². The van der Waals surface area contributed by atoms with Gasteiger partial charge in [-0.15, -0.1) is 0 Å². The van der Waals surface area contributed by atoms with E-state index in [1.165, 1.54) is 38.5 Å². The first-order valence-corrected chi connectivity index (χ1v) is 12.8. The first-order chi connectivity index (χ1) is 16.1. The molecule has 5 nitrogen and oxygen atoms in total. The summed E-state index contributed by atoms with van der Waals surface area (Å²) in [6.07, 6.45) is 15.7. The van der Waals surface area contributed by atoms with E-state index in [2.05, 4.69) is 26.0 Å². The van der Waals surface area contributed by atoms with E-state index >= 15 is 0 Å². The van der Waals surface area contributed by atoms with E-state index < -0.39 is 5.63 Å². The van der Waals surface area contributed by atoms with Crippen molar-refractivity contribution in [1.29, 1.82) is 0 Å². The standard InChI is InChI=1S/C28H42O5/c1-5-7-9-11-12-13-14-16-20-30-24-19-17-18-23-25(24)33-28(29)27(32-22(3)4)26(23)31-21-15-10-8-6-2/h8,10,17-19,22H,5-7,9,11-16,20-21H2,1-4H3/b10-8+. The third-order valence-electron chi connectivity index (χ3n) is 5.35. The van der Waals surface area contributed by atoms with Gasteiger partial charge in [0.25, 0.3) is 0 Å². The molecule has 0 amide bonds. The number of benzene rings is 1. The van der Waals surface area contributed by atoms with Crippen LogP contribution in [0.3, 0.4) is 0 Å². The maximum absolute atomic E-state index is 12.8. The van der Waals surface area contributed by atoms with Crippen LogP contribution in [0.25, 0.3) is 11.0 Å². The van der Waals surface area contributed by atoms with E-state index in [1.807, 2.05) is 32.0 Å². The minimum Gasteiger partial charge on any atom is -0.490 e. The molecule has 1 heterocycles. The molecule has 1 aromatic carbocycles. The number of rotatable bonds is 17. The Morgan fingerprint density at radius 2 is 1.61 bits per heavy atom. The van der Waals surface area contributed by atoms with Crippen molar-refractivity contribution in [1.82, 2.24) is 0 Å². The fourth-order valence-corrected chi connectivity index (χ4v) is 3.68. The van der Waals surface area contributed by atoms with Gasteiger partial charge in [0.1, 0.15) is 0 Å². The smallest absolute Gasteiger partial charge is 0.383 e. The van der Waals surface area contributed by atoms with E-state index in [0.29, 0.717) is 35.7 Å². The molecule has 0 atom stereocenters. The van der Waals surface area contributed by atoms with Crippen molar-refractivity contribution < 1.29 is 18.6 Å². The Balaban J connectivity index is 2.09. The summed E-state index contributed by atoms with van der Waals surface area (Å²) < 4.78 is 23.5. The van der Waals surface area contributed by atoms with Crippen LogP contribution in [0.15, 0.2) is 39.6 Å². The van der Waals surface area contributed by atoms with Gasteiger partial charge in [-0.2, -0.15) is 0 Å². The number of fused-ring (bicyclic) bond motifs is 1. The number of hydrogen-bond donors (Lipinski definition) is 0. The molecule has 1 aromatic heterocycles. The molecule has 2 aromatic rings. The molecule has 0 radical (unpaired) electrons. The molecule has 0 unspecified atom stereocenters. The lowest BCUT2D eigenvalue weighted by Crippen LogP contribution is -2.15. The van der Waals surface area contributed by atoms with Crippen molar-refractivity contribution in [3.05, 3.63) is 40.8 Å². The molecule has 0 aliphatic carbocycles. The summed E-state index contributed by atoms with van der Waals surface area (Å²) in [6.45, 7) is 9.14. The molecule has 0 aliphatic heterocycles. The van der Waals surface area contributed by atoms with Crippen molar-refractivity contribution in [3.63, 3.8) is 0 Å².